The van der Waals surface area contributed by atoms with Crippen molar-refractivity contribution in [1.29, 1.82) is 0 Å². The molecule has 0 unspecified atom stereocenters. The van der Waals surface area contributed by atoms with Crippen LogP contribution in [-0.2, 0) is 9.84 Å². The molecule has 0 radical (unpaired) electrons. The van der Waals surface area contributed by atoms with Crippen LogP contribution in [-0.4, -0.2) is 30.1 Å². The van der Waals surface area contributed by atoms with E-state index < -0.39 is 9.84 Å². The topological polar surface area (TPSA) is 73.1 Å². The fourth-order valence-electron chi connectivity index (χ4n) is 1.52. The molecular weight excluding hydrogens is 272 g/mol. The van der Waals surface area contributed by atoms with E-state index in [1.165, 1.54) is 0 Å². The van der Waals surface area contributed by atoms with Crippen LogP contribution in [0.1, 0.15) is 24.7 Å². The molecule has 1 aliphatic rings. The van der Waals surface area contributed by atoms with Crippen molar-refractivity contribution in [2.45, 2.75) is 18.8 Å². The van der Waals surface area contributed by atoms with E-state index in [0.717, 1.165) is 0 Å². The molecule has 0 amide bonds. The second-order valence-corrected chi connectivity index (χ2v) is 6.30. The van der Waals surface area contributed by atoms with Crippen molar-refractivity contribution in [3.05, 3.63) is 10.7 Å². The lowest BCUT2D eigenvalue weighted by Crippen LogP contribution is -2.22. The summed E-state index contributed by atoms with van der Waals surface area (Å²) in [5, 5.41) is 7.51. The molecule has 0 saturated carbocycles. The average Bonchev–Trinajstić information content (AvgIpc) is 2.52. The van der Waals surface area contributed by atoms with Crippen molar-refractivity contribution >= 4 is 25.8 Å². The number of nitrogens with zero attached hydrogens (tertiary/aromatic N) is 2. The summed E-state index contributed by atoms with van der Waals surface area (Å²) in [5.41, 5.74) is 0. The summed E-state index contributed by atoms with van der Waals surface area (Å²) in [5.74, 6) is 1.07. The molecule has 0 spiro atoms. The Morgan fingerprint density at radius 3 is 2.43 bits per heavy atom. The Kier molecular flexibility index (Phi) is 2.61. The second-order valence-electron chi connectivity index (χ2n) is 3.32. The highest BCUT2D eigenvalue weighted by Crippen LogP contribution is 2.28. The van der Waals surface area contributed by atoms with Crippen molar-refractivity contribution in [2.75, 3.05) is 11.5 Å². The molecule has 1 aromatic heterocycles. The van der Waals surface area contributed by atoms with Gasteiger partial charge in [0.25, 0.3) is 4.80 Å². The first-order chi connectivity index (χ1) is 6.57. The first-order valence-electron chi connectivity index (χ1n) is 4.26. The van der Waals surface area contributed by atoms with Crippen LogP contribution in [0.3, 0.4) is 0 Å². The number of hydrogen-bond donors (Lipinski definition) is 0. The van der Waals surface area contributed by atoms with E-state index in [1.807, 2.05) is 0 Å². The average molecular weight is 281 g/mol. The predicted molar refractivity (Wildman–Crippen MR) is 52.6 cm³/mol. The van der Waals surface area contributed by atoms with Gasteiger partial charge in [-0.05, 0) is 12.8 Å². The zero-order valence-corrected chi connectivity index (χ0v) is 9.71. The van der Waals surface area contributed by atoms with Crippen LogP contribution in [0.15, 0.2) is 9.22 Å². The third-order valence-corrected chi connectivity index (χ3v) is 4.36. The summed E-state index contributed by atoms with van der Waals surface area (Å²) in [6.07, 6.45) is 1.16. The summed E-state index contributed by atoms with van der Waals surface area (Å²) < 4.78 is 27.5. The molecule has 1 aromatic rings. The minimum Gasteiger partial charge on any atom is -0.415 e. The summed E-state index contributed by atoms with van der Waals surface area (Å²) in [6, 6.07) is 0. The van der Waals surface area contributed by atoms with Crippen molar-refractivity contribution in [2.24, 2.45) is 0 Å². The fourth-order valence-corrected chi connectivity index (χ4v) is 3.25. The summed E-state index contributed by atoms with van der Waals surface area (Å²) >= 11 is 3.06. The molecule has 0 aliphatic carbocycles. The number of halogens is 1. The Hall–Kier alpha value is -0.430. The second kappa shape index (κ2) is 3.62. The van der Waals surface area contributed by atoms with Gasteiger partial charge in [-0.2, -0.15) is 0 Å². The van der Waals surface area contributed by atoms with Gasteiger partial charge in [0.15, 0.2) is 0 Å². The fraction of sp³-hybridized carbons (Fsp3) is 0.714. The van der Waals surface area contributed by atoms with Crippen LogP contribution in [0, 0.1) is 0 Å². The van der Waals surface area contributed by atoms with Crippen LogP contribution in [0.25, 0.3) is 0 Å². The Morgan fingerprint density at radius 2 is 1.93 bits per heavy atom. The van der Waals surface area contributed by atoms with Crippen LogP contribution >= 0.6 is 15.9 Å². The Bertz CT molecular complexity index is 414. The molecule has 1 fully saturated rings. The van der Waals surface area contributed by atoms with E-state index in [4.69, 9.17) is 4.42 Å². The smallest absolute Gasteiger partial charge is 0.284 e. The third-order valence-electron chi connectivity index (χ3n) is 2.32. The van der Waals surface area contributed by atoms with Gasteiger partial charge in [-0.1, -0.05) is 0 Å². The Labute approximate surface area is 89.9 Å². The third kappa shape index (κ3) is 2.14. The van der Waals surface area contributed by atoms with Crippen molar-refractivity contribution in [3.63, 3.8) is 0 Å². The molecule has 0 atom stereocenters. The lowest BCUT2D eigenvalue weighted by atomic mass is 10.0. The van der Waals surface area contributed by atoms with Gasteiger partial charge < -0.3 is 4.42 Å². The van der Waals surface area contributed by atoms with Crippen molar-refractivity contribution in [3.8, 4) is 0 Å². The summed E-state index contributed by atoms with van der Waals surface area (Å²) in [4.78, 5) is 0.348. The van der Waals surface area contributed by atoms with Crippen LogP contribution in [0.5, 0.6) is 0 Å². The van der Waals surface area contributed by atoms with Crippen LogP contribution < -0.4 is 0 Å². The molecule has 1 aliphatic heterocycles. The quantitative estimate of drug-likeness (QED) is 0.771. The highest BCUT2D eigenvalue weighted by molar-refractivity contribution is 9.10. The highest BCUT2D eigenvalue weighted by atomic mass is 79.9. The standard InChI is InChI=1S/C7H9BrN2O3S/c8-7-10-9-6(13-7)5-1-3-14(11,12)4-2-5/h5H,1-4H2. The van der Waals surface area contributed by atoms with E-state index in [0.29, 0.717) is 23.5 Å². The first-order valence-corrected chi connectivity index (χ1v) is 6.87. The largest absolute Gasteiger partial charge is 0.415 e. The van der Waals surface area contributed by atoms with E-state index in [9.17, 15) is 8.42 Å². The van der Waals surface area contributed by atoms with Crippen LogP contribution in [0.4, 0.5) is 0 Å². The molecule has 0 bridgehead atoms. The van der Waals surface area contributed by atoms with Gasteiger partial charge in [0, 0.05) is 21.8 Å². The maximum atomic E-state index is 11.2. The molecule has 0 aromatic carbocycles. The monoisotopic (exact) mass is 280 g/mol. The molecule has 7 heteroatoms. The lowest BCUT2D eigenvalue weighted by molar-refractivity contribution is 0.411. The van der Waals surface area contributed by atoms with Crippen molar-refractivity contribution in [1.82, 2.24) is 10.2 Å². The van der Waals surface area contributed by atoms with Gasteiger partial charge in [-0.15, -0.1) is 10.2 Å². The number of sulfone groups is 1. The molecule has 0 N–H and O–H groups in total. The molecule has 2 rings (SSSR count). The minimum atomic E-state index is -2.82. The maximum absolute atomic E-state index is 11.2. The zero-order chi connectivity index (χ0) is 10.2. The Morgan fingerprint density at radius 1 is 1.29 bits per heavy atom. The Balaban J connectivity index is 2.09. The lowest BCUT2D eigenvalue weighted by Gasteiger charge is -2.18. The normalized spacial score (nSPS) is 22.4. The van der Waals surface area contributed by atoms with E-state index in [1.54, 1.807) is 0 Å². The zero-order valence-electron chi connectivity index (χ0n) is 7.31. The van der Waals surface area contributed by atoms with Gasteiger partial charge in [0.1, 0.15) is 9.84 Å². The maximum Gasteiger partial charge on any atom is 0.284 e. The molecular formula is C7H9BrN2O3S. The SMILES string of the molecule is O=S1(=O)CCC(c2nnc(Br)o2)CC1. The summed E-state index contributed by atoms with van der Waals surface area (Å²) in [7, 11) is -2.82. The molecule has 14 heavy (non-hydrogen) atoms. The summed E-state index contributed by atoms with van der Waals surface area (Å²) in [6.45, 7) is 0. The number of rotatable bonds is 1. The number of aromatic nitrogens is 2. The van der Waals surface area contributed by atoms with E-state index in [2.05, 4.69) is 26.1 Å². The van der Waals surface area contributed by atoms with E-state index in [-0.39, 0.29) is 17.4 Å². The molecule has 78 valence electrons. The molecule has 1 saturated heterocycles. The molecule has 2 heterocycles. The molecule has 5 nitrogen and oxygen atoms in total. The van der Waals surface area contributed by atoms with Gasteiger partial charge in [0.05, 0.1) is 11.5 Å². The van der Waals surface area contributed by atoms with Crippen molar-refractivity contribution < 1.29 is 12.8 Å². The first kappa shape index (κ1) is 10.1. The van der Waals surface area contributed by atoms with Gasteiger partial charge in [-0.25, -0.2) is 8.42 Å². The van der Waals surface area contributed by atoms with Gasteiger partial charge >= 0.3 is 0 Å². The number of hydrogen-bond acceptors (Lipinski definition) is 5. The van der Waals surface area contributed by atoms with Gasteiger partial charge in [0.2, 0.25) is 5.89 Å². The van der Waals surface area contributed by atoms with Crippen LogP contribution in [0.2, 0.25) is 0 Å². The highest BCUT2D eigenvalue weighted by Gasteiger charge is 2.28. The minimum absolute atomic E-state index is 0.0947. The predicted octanol–water partition coefficient (Wildman–Crippen LogP) is 1.12. The van der Waals surface area contributed by atoms with Gasteiger partial charge in [-0.3, -0.25) is 0 Å². The van der Waals surface area contributed by atoms with E-state index >= 15 is 0 Å².